The van der Waals surface area contributed by atoms with Crippen LogP contribution in [-0.2, 0) is 11.2 Å². The Bertz CT molecular complexity index is 636. The molecule has 2 rings (SSSR count). The monoisotopic (exact) mass is 343 g/mol. The number of carbonyl (C=O) groups excluding carboxylic acids is 1. The van der Waals surface area contributed by atoms with Crippen molar-refractivity contribution in [2.45, 2.75) is 31.1 Å². The van der Waals surface area contributed by atoms with E-state index in [0.717, 1.165) is 17.1 Å². The van der Waals surface area contributed by atoms with Gasteiger partial charge in [0.15, 0.2) is 0 Å². The minimum absolute atomic E-state index is 0.0708. The van der Waals surface area contributed by atoms with Gasteiger partial charge in [-0.2, -0.15) is 0 Å². The standard InChI is InChI=1S/C20H25NO2S/c1-15(2)17-6-10-19(11-7-17)24-14-20(22)21-13-12-16-4-8-18(23-3)9-5-16/h4-11,15H,12-14H2,1-3H3,(H,21,22). The highest BCUT2D eigenvalue weighted by Gasteiger charge is 2.04. The zero-order valence-electron chi connectivity index (χ0n) is 14.5. The van der Waals surface area contributed by atoms with Crippen molar-refractivity contribution < 1.29 is 9.53 Å². The van der Waals surface area contributed by atoms with Crippen molar-refractivity contribution in [3.05, 3.63) is 59.7 Å². The first kappa shape index (κ1) is 18.4. The van der Waals surface area contributed by atoms with Crippen molar-refractivity contribution in [1.82, 2.24) is 5.32 Å². The SMILES string of the molecule is COc1ccc(CCNC(=O)CSc2ccc(C(C)C)cc2)cc1. The Morgan fingerprint density at radius 2 is 1.75 bits per heavy atom. The predicted octanol–water partition coefficient (Wildman–Crippen LogP) is 4.27. The Labute approximate surface area is 148 Å². The van der Waals surface area contributed by atoms with E-state index in [2.05, 4.69) is 43.4 Å². The maximum Gasteiger partial charge on any atom is 0.230 e. The molecule has 0 unspecified atom stereocenters. The molecule has 2 aromatic rings. The van der Waals surface area contributed by atoms with Gasteiger partial charge in [-0.1, -0.05) is 38.1 Å². The molecule has 0 heterocycles. The average Bonchev–Trinajstić information content (AvgIpc) is 2.61. The normalized spacial score (nSPS) is 10.7. The van der Waals surface area contributed by atoms with Crippen molar-refractivity contribution >= 4 is 17.7 Å². The van der Waals surface area contributed by atoms with Crippen LogP contribution in [-0.4, -0.2) is 25.3 Å². The topological polar surface area (TPSA) is 38.3 Å². The summed E-state index contributed by atoms with van der Waals surface area (Å²) in [6.45, 7) is 5.01. The van der Waals surface area contributed by atoms with Gasteiger partial charge in [0, 0.05) is 11.4 Å². The first-order chi connectivity index (χ1) is 11.6. The number of hydrogen-bond acceptors (Lipinski definition) is 3. The average molecular weight is 343 g/mol. The van der Waals surface area contributed by atoms with E-state index in [1.807, 2.05) is 24.3 Å². The van der Waals surface area contributed by atoms with Gasteiger partial charge in [-0.15, -0.1) is 11.8 Å². The van der Waals surface area contributed by atoms with E-state index < -0.39 is 0 Å². The quantitative estimate of drug-likeness (QED) is 0.728. The second kappa shape index (κ2) is 9.38. The molecule has 2 aromatic carbocycles. The lowest BCUT2D eigenvalue weighted by molar-refractivity contribution is -0.118. The van der Waals surface area contributed by atoms with Crippen LogP contribution in [0.5, 0.6) is 5.75 Å². The van der Waals surface area contributed by atoms with Crippen LogP contribution in [0.3, 0.4) is 0 Å². The first-order valence-corrected chi connectivity index (χ1v) is 9.19. The minimum Gasteiger partial charge on any atom is -0.497 e. The first-order valence-electron chi connectivity index (χ1n) is 8.21. The molecule has 0 atom stereocenters. The van der Waals surface area contributed by atoms with E-state index in [0.29, 0.717) is 18.2 Å². The van der Waals surface area contributed by atoms with Gasteiger partial charge in [-0.25, -0.2) is 0 Å². The Morgan fingerprint density at radius 3 is 2.33 bits per heavy atom. The van der Waals surface area contributed by atoms with Crippen LogP contribution < -0.4 is 10.1 Å². The Balaban J connectivity index is 1.69. The number of hydrogen-bond donors (Lipinski definition) is 1. The summed E-state index contributed by atoms with van der Waals surface area (Å²) in [4.78, 5) is 13.1. The van der Waals surface area contributed by atoms with E-state index in [-0.39, 0.29) is 5.91 Å². The highest BCUT2D eigenvalue weighted by atomic mass is 32.2. The third kappa shape index (κ3) is 5.93. The van der Waals surface area contributed by atoms with Crippen molar-refractivity contribution in [2.24, 2.45) is 0 Å². The molecule has 0 aliphatic rings. The van der Waals surface area contributed by atoms with Gasteiger partial charge < -0.3 is 10.1 Å². The molecule has 1 N–H and O–H groups in total. The smallest absolute Gasteiger partial charge is 0.230 e. The largest absolute Gasteiger partial charge is 0.497 e. The molecular weight excluding hydrogens is 318 g/mol. The van der Waals surface area contributed by atoms with Gasteiger partial charge >= 0.3 is 0 Å². The predicted molar refractivity (Wildman–Crippen MR) is 101 cm³/mol. The summed E-state index contributed by atoms with van der Waals surface area (Å²) in [5, 5.41) is 2.97. The van der Waals surface area contributed by atoms with E-state index in [1.54, 1.807) is 18.9 Å². The summed E-state index contributed by atoms with van der Waals surface area (Å²) >= 11 is 1.57. The van der Waals surface area contributed by atoms with Crippen molar-refractivity contribution in [1.29, 1.82) is 0 Å². The summed E-state index contributed by atoms with van der Waals surface area (Å²) < 4.78 is 5.13. The van der Waals surface area contributed by atoms with Gasteiger partial charge in [0.1, 0.15) is 5.75 Å². The molecule has 4 heteroatoms. The fourth-order valence-electron chi connectivity index (χ4n) is 2.29. The second-order valence-corrected chi connectivity index (χ2v) is 7.01. The minimum atomic E-state index is 0.0708. The summed E-state index contributed by atoms with van der Waals surface area (Å²) in [5.41, 5.74) is 2.51. The molecule has 0 fully saturated rings. The zero-order valence-corrected chi connectivity index (χ0v) is 15.4. The van der Waals surface area contributed by atoms with Crippen LogP contribution in [0, 0.1) is 0 Å². The highest BCUT2D eigenvalue weighted by molar-refractivity contribution is 8.00. The molecule has 0 saturated carbocycles. The Morgan fingerprint density at radius 1 is 1.08 bits per heavy atom. The van der Waals surface area contributed by atoms with Crippen LogP contribution in [0.4, 0.5) is 0 Å². The van der Waals surface area contributed by atoms with Crippen molar-refractivity contribution in [2.75, 3.05) is 19.4 Å². The van der Waals surface area contributed by atoms with Crippen LogP contribution >= 0.6 is 11.8 Å². The van der Waals surface area contributed by atoms with Gasteiger partial charge in [0.2, 0.25) is 5.91 Å². The number of benzene rings is 2. The van der Waals surface area contributed by atoms with E-state index in [9.17, 15) is 4.79 Å². The van der Waals surface area contributed by atoms with Crippen LogP contribution in [0.15, 0.2) is 53.4 Å². The number of thioether (sulfide) groups is 1. The lowest BCUT2D eigenvalue weighted by Crippen LogP contribution is -2.27. The number of methoxy groups -OCH3 is 1. The molecule has 0 spiro atoms. The Hall–Kier alpha value is -1.94. The summed E-state index contributed by atoms with van der Waals surface area (Å²) in [6.07, 6.45) is 0.823. The maximum atomic E-state index is 11.9. The number of rotatable bonds is 8. The van der Waals surface area contributed by atoms with Gasteiger partial charge in [-0.3, -0.25) is 4.79 Å². The van der Waals surface area contributed by atoms with Gasteiger partial charge in [0.25, 0.3) is 0 Å². The van der Waals surface area contributed by atoms with Crippen LogP contribution in [0.2, 0.25) is 0 Å². The van der Waals surface area contributed by atoms with E-state index >= 15 is 0 Å². The molecule has 0 aliphatic heterocycles. The third-order valence-corrected chi connectivity index (χ3v) is 4.82. The molecular formula is C20H25NO2S. The number of nitrogens with one attached hydrogen (secondary N) is 1. The van der Waals surface area contributed by atoms with Gasteiger partial charge in [0.05, 0.1) is 12.9 Å². The summed E-state index contributed by atoms with van der Waals surface area (Å²) in [5.74, 6) is 1.90. The number of carbonyl (C=O) groups is 1. The lowest BCUT2D eigenvalue weighted by atomic mass is 10.0. The maximum absolute atomic E-state index is 11.9. The molecule has 1 amide bonds. The fourth-order valence-corrected chi connectivity index (χ4v) is 3.02. The molecule has 0 aromatic heterocycles. The second-order valence-electron chi connectivity index (χ2n) is 5.96. The number of ether oxygens (including phenoxy) is 1. The Kier molecular flexibility index (Phi) is 7.19. The molecule has 0 bridgehead atoms. The third-order valence-electron chi connectivity index (χ3n) is 3.81. The van der Waals surface area contributed by atoms with Gasteiger partial charge in [-0.05, 0) is 47.7 Å². The highest BCUT2D eigenvalue weighted by Crippen LogP contribution is 2.21. The zero-order chi connectivity index (χ0) is 17.4. The lowest BCUT2D eigenvalue weighted by Gasteiger charge is -2.08. The molecule has 0 saturated heterocycles. The van der Waals surface area contributed by atoms with E-state index in [1.165, 1.54) is 11.1 Å². The van der Waals surface area contributed by atoms with Crippen molar-refractivity contribution in [3.63, 3.8) is 0 Å². The van der Waals surface area contributed by atoms with Crippen molar-refractivity contribution in [3.8, 4) is 5.75 Å². The fraction of sp³-hybridized carbons (Fsp3) is 0.350. The molecule has 24 heavy (non-hydrogen) atoms. The molecule has 128 valence electrons. The molecule has 0 radical (unpaired) electrons. The van der Waals surface area contributed by atoms with E-state index in [4.69, 9.17) is 4.74 Å². The number of amides is 1. The summed E-state index contributed by atoms with van der Waals surface area (Å²) in [6, 6.07) is 16.4. The van der Waals surface area contributed by atoms with Crippen LogP contribution in [0.25, 0.3) is 0 Å². The molecule has 3 nitrogen and oxygen atoms in total. The summed E-state index contributed by atoms with van der Waals surface area (Å²) in [7, 11) is 1.66. The molecule has 0 aliphatic carbocycles. The van der Waals surface area contributed by atoms with Crippen LogP contribution in [0.1, 0.15) is 30.9 Å².